The van der Waals surface area contributed by atoms with Gasteiger partial charge in [0.25, 0.3) is 5.91 Å². The van der Waals surface area contributed by atoms with E-state index in [-0.39, 0.29) is 11.1 Å². The highest BCUT2D eigenvalue weighted by Crippen LogP contribution is 2.18. The van der Waals surface area contributed by atoms with Gasteiger partial charge in [-0.05, 0) is 18.2 Å². The number of nitrogens with one attached hydrogen (secondary N) is 2. The maximum atomic E-state index is 12.5. The summed E-state index contributed by atoms with van der Waals surface area (Å²) in [6, 6.07) is 17.1. The number of benzene rings is 2. The lowest BCUT2D eigenvalue weighted by atomic mass is 10.1. The second-order valence-corrected chi connectivity index (χ2v) is 4.70. The summed E-state index contributed by atoms with van der Waals surface area (Å²) in [7, 11) is 0. The van der Waals surface area contributed by atoms with Crippen molar-refractivity contribution in [3.05, 3.63) is 76.1 Å². The number of nitrogens with zero attached hydrogens (tertiary/aromatic N) is 1. The summed E-state index contributed by atoms with van der Waals surface area (Å²) in [5.41, 5.74) is 1.29. The van der Waals surface area contributed by atoms with Crippen LogP contribution in [0.4, 0.5) is 5.69 Å². The summed E-state index contributed by atoms with van der Waals surface area (Å²) in [5, 5.41) is 12.4. The first-order valence-corrected chi connectivity index (χ1v) is 6.61. The van der Waals surface area contributed by atoms with Crippen molar-refractivity contribution in [3.8, 4) is 6.07 Å². The van der Waals surface area contributed by atoms with Crippen molar-refractivity contribution in [2.45, 2.75) is 0 Å². The van der Waals surface area contributed by atoms with Gasteiger partial charge in [0.1, 0.15) is 6.07 Å². The van der Waals surface area contributed by atoms with Crippen LogP contribution < -0.4 is 10.9 Å². The Morgan fingerprint density at radius 3 is 2.64 bits per heavy atom. The van der Waals surface area contributed by atoms with Crippen molar-refractivity contribution >= 4 is 22.5 Å². The number of nitriles is 1. The molecule has 3 aromatic rings. The number of rotatable bonds is 2. The third-order valence-electron chi connectivity index (χ3n) is 3.29. The normalized spacial score (nSPS) is 10.1. The minimum Gasteiger partial charge on any atom is -0.322 e. The molecule has 0 aliphatic carbocycles. The van der Waals surface area contributed by atoms with E-state index in [2.05, 4.69) is 10.3 Å². The summed E-state index contributed by atoms with van der Waals surface area (Å²) >= 11 is 0. The molecule has 2 N–H and O–H groups in total. The van der Waals surface area contributed by atoms with Gasteiger partial charge in [-0.3, -0.25) is 9.59 Å². The molecule has 3 rings (SSSR count). The minimum atomic E-state index is -0.426. The number of hydrogen-bond donors (Lipinski definition) is 2. The third kappa shape index (κ3) is 2.45. The predicted molar refractivity (Wildman–Crippen MR) is 83.7 cm³/mol. The fourth-order valence-corrected chi connectivity index (χ4v) is 2.27. The van der Waals surface area contributed by atoms with Gasteiger partial charge >= 0.3 is 0 Å². The first-order chi connectivity index (χ1) is 10.7. The maximum absolute atomic E-state index is 12.5. The predicted octanol–water partition coefficient (Wildman–Crippen LogP) is 2.65. The molecule has 1 amide bonds. The lowest BCUT2D eigenvalue weighted by Crippen LogP contribution is -2.17. The second-order valence-electron chi connectivity index (χ2n) is 4.70. The van der Waals surface area contributed by atoms with E-state index in [1.54, 1.807) is 48.5 Å². The van der Waals surface area contributed by atoms with Crippen LogP contribution in [0.2, 0.25) is 0 Å². The van der Waals surface area contributed by atoms with Crippen LogP contribution in [0, 0.1) is 11.3 Å². The van der Waals surface area contributed by atoms with Gasteiger partial charge in [0, 0.05) is 17.0 Å². The Morgan fingerprint density at radius 1 is 1.09 bits per heavy atom. The summed E-state index contributed by atoms with van der Waals surface area (Å²) in [6.07, 6.45) is 0. The second kappa shape index (κ2) is 5.54. The molecule has 0 fully saturated rings. The molecule has 0 spiro atoms. The summed E-state index contributed by atoms with van der Waals surface area (Å²) < 4.78 is 0. The van der Waals surface area contributed by atoms with Gasteiger partial charge in [-0.15, -0.1) is 0 Å². The van der Waals surface area contributed by atoms with Crippen LogP contribution in [-0.4, -0.2) is 10.9 Å². The van der Waals surface area contributed by atoms with E-state index < -0.39 is 5.91 Å². The summed E-state index contributed by atoms with van der Waals surface area (Å²) in [4.78, 5) is 26.9. The number of carbonyl (C=O) groups is 1. The first kappa shape index (κ1) is 13.6. The number of amides is 1. The minimum absolute atomic E-state index is 0.270. The van der Waals surface area contributed by atoms with Crippen LogP contribution in [0.15, 0.2) is 59.4 Å². The Kier molecular flexibility index (Phi) is 3.42. The summed E-state index contributed by atoms with van der Waals surface area (Å²) in [6.45, 7) is 0. The smallest absolute Gasteiger partial charge is 0.256 e. The Hall–Kier alpha value is -3.39. The van der Waals surface area contributed by atoms with E-state index >= 15 is 0 Å². The van der Waals surface area contributed by atoms with Crippen LogP contribution in [0.1, 0.15) is 15.9 Å². The number of aromatic amines is 1. The SMILES string of the molecule is N#Cc1ccccc1NC(=O)c1cc(=O)[nH]c2ccccc12. The molecule has 1 heterocycles. The van der Waals surface area contributed by atoms with Crippen molar-refractivity contribution in [2.75, 3.05) is 5.32 Å². The van der Waals surface area contributed by atoms with E-state index in [1.807, 2.05) is 6.07 Å². The average molecular weight is 289 g/mol. The molecule has 5 heteroatoms. The lowest BCUT2D eigenvalue weighted by molar-refractivity contribution is 0.102. The van der Waals surface area contributed by atoms with Gasteiger partial charge in [-0.25, -0.2) is 0 Å². The Bertz CT molecular complexity index is 967. The van der Waals surface area contributed by atoms with Gasteiger partial charge in [-0.1, -0.05) is 30.3 Å². The van der Waals surface area contributed by atoms with Crippen molar-refractivity contribution in [3.63, 3.8) is 0 Å². The van der Waals surface area contributed by atoms with Crippen molar-refractivity contribution in [1.29, 1.82) is 5.26 Å². The molecule has 0 aliphatic heterocycles. The zero-order valence-electron chi connectivity index (χ0n) is 11.5. The third-order valence-corrected chi connectivity index (χ3v) is 3.29. The molecule has 22 heavy (non-hydrogen) atoms. The largest absolute Gasteiger partial charge is 0.322 e. The molecule has 5 nitrogen and oxygen atoms in total. The first-order valence-electron chi connectivity index (χ1n) is 6.61. The molecule has 0 radical (unpaired) electrons. The zero-order chi connectivity index (χ0) is 15.5. The van der Waals surface area contributed by atoms with Crippen LogP contribution in [-0.2, 0) is 0 Å². The molecular weight excluding hydrogens is 278 g/mol. The number of pyridine rings is 1. The maximum Gasteiger partial charge on any atom is 0.256 e. The van der Waals surface area contributed by atoms with Crippen molar-refractivity contribution in [1.82, 2.24) is 4.98 Å². The molecule has 0 saturated carbocycles. The Morgan fingerprint density at radius 2 is 1.82 bits per heavy atom. The number of fused-ring (bicyclic) bond motifs is 1. The number of anilines is 1. The van der Waals surface area contributed by atoms with Gasteiger partial charge in [-0.2, -0.15) is 5.26 Å². The quantitative estimate of drug-likeness (QED) is 0.760. The molecule has 0 atom stereocenters. The fourth-order valence-electron chi connectivity index (χ4n) is 2.27. The van der Waals surface area contributed by atoms with E-state index in [1.165, 1.54) is 6.07 Å². The van der Waals surface area contributed by atoms with Gasteiger partial charge in [0.05, 0.1) is 16.8 Å². The highest BCUT2D eigenvalue weighted by molar-refractivity contribution is 6.12. The van der Waals surface area contributed by atoms with Gasteiger partial charge in [0.2, 0.25) is 5.56 Å². The fraction of sp³-hybridized carbons (Fsp3) is 0. The van der Waals surface area contributed by atoms with Crippen LogP contribution >= 0.6 is 0 Å². The lowest BCUT2D eigenvalue weighted by Gasteiger charge is -2.08. The Labute approximate surface area is 125 Å². The number of para-hydroxylation sites is 2. The van der Waals surface area contributed by atoms with Gasteiger partial charge < -0.3 is 10.3 Å². The average Bonchev–Trinajstić information content (AvgIpc) is 2.54. The summed E-state index contributed by atoms with van der Waals surface area (Å²) in [5.74, 6) is -0.426. The number of carbonyl (C=O) groups excluding carboxylic acids is 1. The van der Waals surface area contributed by atoms with Crippen LogP contribution in [0.3, 0.4) is 0 Å². The standard InChI is InChI=1S/C17H11N3O2/c18-10-11-5-1-3-7-14(11)20-17(22)13-9-16(21)19-15-8-4-2-6-12(13)15/h1-9H,(H,19,21)(H,20,22). The van der Waals surface area contributed by atoms with Crippen molar-refractivity contribution in [2.24, 2.45) is 0 Å². The molecule has 0 bridgehead atoms. The molecule has 1 aromatic heterocycles. The monoisotopic (exact) mass is 289 g/mol. The van der Waals surface area contributed by atoms with Crippen LogP contribution in [0.25, 0.3) is 10.9 Å². The number of H-pyrrole nitrogens is 1. The highest BCUT2D eigenvalue weighted by atomic mass is 16.2. The molecule has 2 aromatic carbocycles. The topological polar surface area (TPSA) is 85.8 Å². The number of hydrogen-bond acceptors (Lipinski definition) is 3. The van der Waals surface area contributed by atoms with Crippen molar-refractivity contribution < 1.29 is 4.79 Å². The number of aromatic nitrogens is 1. The molecule has 0 saturated heterocycles. The van der Waals surface area contributed by atoms with E-state index in [0.29, 0.717) is 22.2 Å². The molecule has 0 aliphatic rings. The van der Waals surface area contributed by atoms with Gasteiger partial charge in [0.15, 0.2) is 0 Å². The zero-order valence-corrected chi connectivity index (χ0v) is 11.5. The van der Waals surface area contributed by atoms with E-state index in [0.717, 1.165) is 0 Å². The molecule has 106 valence electrons. The van der Waals surface area contributed by atoms with E-state index in [4.69, 9.17) is 5.26 Å². The molecule has 0 unspecified atom stereocenters. The highest BCUT2D eigenvalue weighted by Gasteiger charge is 2.13. The molecular formula is C17H11N3O2. The Balaban J connectivity index is 2.07. The van der Waals surface area contributed by atoms with E-state index in [9.17, 15) is 9.59 Å². The van der Waals surface area contributed by atoms with Crippen LogP contribution in [0.5, 0.6) is 0 Å².